The van der Waals surface area contributed by atoms with Crippen LogP contribution in [-0.2, 0) is 6.54 Å². The lowest BCUT2D eigenvalue weighted by Gasteiger charge is -2.10. The number of nitrogens with zero attached hydrogens (tertiary/aromatic N) is 2. The highest BCUT2D eigenvalue weighted by molar-refractivity contribution is 5.30. The highest BCUT2D eigenvalue weighted by Gasteiger charge is 2.01. The zero-order valence-corrected chi connectivity index (χ0v) is 11.5. The molecule has 19 heavy (non-hydrogen) atoms. The topological polar surface area (TPSA) is 53.1 Å². The van der Waals surface area contributed by atoms with Gasteiger partial charge < -0.3 is 10.5 Å². The molecule has 0 amide bonds. The van der Waals surface area contributed by atoms with Crippen LogP contribution in [0.15, 0.2) is 36.5 Å². The van der Waals surface area contributed by atoms with E-state index in [1.807, 2.05) is 23.0 Å². The Kier molecular flexibility index (Phi) is 4.44. The van der Waals surface area contributed by atoms with Crippen LogP contribution in [0.5, 0.6) is 5.75 Å². The van der Waals surface area contributed by atoms with Crippen molar-refractivity contribution in [1.29, 1.82) is 0 Å². The van der Waals surface area contributed by atoms with Crippen LogP contribution in [0.25, 0.3) is 0 Å². The molecule has 1 aromatic carbocycles. The van der Waals surface area contributed by atoms with Gasteiger partial charge >= 0.3 is 0 Å². The van der Waals surface area contributed by atoms with Crippen molar-refractivity contribution in [3.8, 4) is 5.75 Å². The number of aryl methyl sites for hydroxylation is 1. The summed E-state index contributed by atoms with van der Waals surface area (Å²) in [5, 5.41) is 4.13. The van der Waals surface area contributed by atoms with Gasteiger partial charge in [-0.2, -0.15) is 5.10 Å². The van der Waals surface area contributed by atoms with Gasteiger partial charge in [-0.05, 0) is 29.7 Å². The third-order valence-electron chi connectivity index (χ3n) is 2.99. The van der Waals surface area contributed by atoms with E-state index in [0.717, 1.165) is 18.7 Å². The molecule has 0 atom stereocenters. The quantitative estimate of drug-likeness (QED) is 0.811. The zero-order chi connectivity index (χ0) is 13.7. The third kappa shape index (κ3) is 4.02. The van der Waals surface area contributed by atoms with E-state index in [1.54, 1.807) is 6.07 Å². The molecular formula is C15H21N3O. The SMILES string of the molecule is CC(C)c1cccc(OCCCn2ccc(N)n2)c1. The van der Waals surface area contributed by atoms with Gasteiger partial charge in [0.25, 0.3) is 0 Å². The lowest BCUT2D eigenvalue weighted by atomic mass is 10.0. The van der Waals surface area contributed by atoms with Crippen molar-refractivity contribution < 1.29 is 4.74 Å². The first-order valence-electron chi connectivity index (χ1n) is 6.67. The monoisotopic (exact) mass is 259 g/mol. The number of rotatable bonds is 6. The number of hydrogen-bond donors (Lipinski definition) is 1. The molecule has 0 spiro atoms. The van der Waals surface area contributed by atoms with E-state index in [-0.39, 0.29) is 0 Å². The summed E-state index contributed by atoms with van der Waals surface area (Å²) in [6.45, 7) is 5.87. The van der Waals surface area contributed by atoms with Gasteiger partial charge in [0.1, 0.15) is 11.6 Å². The van der Waals surface area contributed by atoms with Crippen LogP contribution in [0.2, 0.25) is 0 Å². The Morgan fingerprint density at radius 1 is 1.32 bits per heavy atom. The van der Waals surface area contributed by atoms with Gasteiger partial charge in [-0.25, -0.2) is 0 Å². The van der Waals surface area contributed by atoms with Gasteiger partial charge in [-0.1, -0.05) is 26.0 Å². The Balaban J connectivity index is 1.78. The number of nitrogens with two attached hydrogens (primary N) is 1. The summed E-state index contributed by atoms with van der Waals surface area (Å²) < 4.78 is 7.59. The number of benzene rings is 1. The van der Waals surface area contributed by atoms with Crippen molar-refractivity contribution in [1.82, 2.24) is 9.78 Å². The first kappa shape index (κ1) is 13.5. The molecule has 0 aliphatic carbocycles. The first-order chi connectivity index (χ1) is 9.15. The molecule has 102 valence electrons. The van der Waals surface area contributed by atoms with Crippen molar-refractivity contribution in [2.24, 2.45) is 0 Å². The van der Waals surface area contributed by atoms with Crippen molar-refractivity contribution in [3.63, 3.8) is 0 Å². The Hall–Kier alpha value is -1.97. The lowest BCUT2D eigenvalue weighted by Crippen LogP contribution is -2.05. The zero-order valence-electron chi connectivity index (χ0n) is 11.5. The van der Waals surface area contributed by atoms with Crippen molar-refractivity contribution >= 4 is 5.82 Å². The molecule has 0 saturated carbocycles. The van der Waals surface area contributed by atoms with Gasteiger partial charge in [-0.3, -0.25) is 4.68 Å². The minimum Gasteiger partial charge on any atom is -0.494 e. The lowest BCUT2D eigenvalue weighted by molar-refractivity contribution is 0.298. The Morgan fingerprint density at radius 3 is 2.84 bits per heavy atom. The van der Waals surface area contributed by atoms with Gasteiger partial charge in [-0.15, -0.1) is 0 Å². The highest BCUT2D eigenvalue weighted by Crippen LogP contribution is 2.20. The Morgan fingerprint density at radius 2 is 2.16 bits per heavy atom. The molecule has 1 heterocycles. The maximum Gasteiger partial charge on any atom is 0.145 e. The van der Waals surface area contributed by atoms with E-state index in [0.29, 0.717) is 18.3 Å². The predicted molar refractivity (Wildman–Crippen MR) is 77.3 cm³/mol. The first-order valence-corrected chi connectivity index (χ1v) is 6.67. The fourth-order valence-electron chi connectivity index (χ4n) is 1.88. The van der Waals surface area contributed by atoms with Crippen LogP contribution in [0, 0.1) is 0 Å². The molecule has 0 bridgehead atoms. The number of aromatic nitrogens is 2. The molecule has 0 unspecified atom stereocenters. The summed E-state index contributed by atoms with van der Waals surface area (Å²) in [7, 11) is 0. The number of hydrogen-bond acceptors (Lipinski definition) is 3. The van der Waals surface area contributed by atoms with Crippen LogP contribution in [0.1, 0.15) is 31.7 Å². The summed E-state index contributed by atoms with van der Waals surface area (Å²) in [4.78, 5) is 0. The van der Waals surface area contributed by atoms with E-state index >= 15 is 0 Å². The fraction of sp³-hybridized carbons (Fsp3) is 0.400. The molecule has 2 aromatic rings. The van der Waals surface area contributed by atoms with Gasteiger partial charge in [0, 0.05) is 19.2 Å². The molecule has 0 fully saturated rings. The van der Waals surface area contributed by atoms with Crippen molar-refractivity contribution in [2.45, 2.75) is 32.7 Å². The molecule has 2 N–H and O–H groups in total. The van der Waals surface area contributed by atoms with Crippen LogP contribution < -0.4 is 10.5 Å². The average Bonchev–Trinajstić information content (AvgIpc) is 2.81. The normalized spacial score (nSPS) is 10.9. The van der Waals surface area contributed by atoms with Crippen LogP contribution in [0.4, 0.5) is 5.82 Å². The Bertz CT molecular complexity index is 520. The van der Waals surface area contributed by atoms with E-state index in [2.05, 4.69) is 31.1 Å². The predicted octanol–water partition coefficient (Wildman–Crippen LogP) is 3.06. The smallest absolute Gasteiger partial charge is 0.145 e. The number of anilines is 1. The summed E-state index contributed by atoms with van der Waals surface area (Å²) in [6, 6.07) is 10.1. The second-order valence-electron chi connectivity index (χ2n) is 4.93. The summed E-state index contributed by atoms with van der Waals surface area (Å²) in [5.41, 5.74) is 6.86. The van der Waals surface area contributed by atoms with E-state index < -0.39 is 0 Å². The molecule has 2 rings (SSSR count). The van der Waals surface area contributed by atoms with Gasteiger partial charge in [0.2, 0.25) is 0 Å². The minimum atomic E-state index is 0.524. The molecule has 0 radical (unpaired) electrons. The molecule has 0 aliphatic rings. The highest BCUT2D eigenvalue weighted by atomic mass is 16.5. The summed E-state index contributed by atoms with van der Waals surface area (Å²) >= 11 is 0. The van der Waals surface area contributed by atoms with Crippen LogP contribution in [0.3, 0.4) is 0 Å². The maximum atomic E-state index is 5.75. The summed E-state index contributed by atoms with van der Waals surface area (Å²) in [5.74, 6) is 2.02. The van der Waals surface area contributed by atoms with Crippen molar-refractivity contribution in [3.05, 3.63) is 42.1 Å². The van der Waals surface area contributed by atoms with E-state index in [4.69, 9.17) is 10.5 Å². The average molecular weight is 259 g/mol. The molecule has 4 heteroatoms. The second-order valence-corrected chi connectivity index (χ2v) is 4.93. The molecule has 4 nitrogen and oxygen atoms in total. The Labute approximate surface area is 114 Å². The van der Waals surface area contributed by atoms with Crippen LogP contribution in [-0.4, -0.2) is 16.4 Å². The maximum absolute atomic E-state index is 5.75. The number of nitrogen functional groups attached to an aromatic ring is 1. The standard InChI is InChI=1S/C15H21N3O/c1-12(2)13-5-3-6-14(11-13)19-10-4-8-18-9-7-15(16)17-18/h3,5-7,9,11-12H,4,8,10H2,1-2H3,(H2,16,17). The summed E-state index contributed by atoms with van der Waals surface area (Å²) in [6.07, 6.45) is 2.79. The van der Waals surface area contributed by atoms with Gasteiger partial charge in [0.15, 0.2) is 0 Å². The molecule has 0 saturated heterocycles. The second kappa shape index (κ2) is 6.27. The van der Waals surface area contributed by atoms with Crippen molar-refractivity contribution in [2.75, 3.05) is 12.3 Å². The third-order valence-corrected chi connectivity index (χ3v) is 2.99. The molecular weight excluding hydrogens is 238 g/mol. The molecule has 1 aromatic heterocycles. The minimum absolute atomic E-state index is 0.524. The largest absolute Gasteiger partial charge is 0.494 e. The van der Waals surface area contributed by atoms with E-state index in [9.17, 15) is 0 Å². The molecule has 0 aliphatic heterocycles. The van der Waals surface area contributed by atoms with Crippen LogP contribution >= 0.6 is 0 Å². The number of ether oxygens (including phenoxy) is 1. The fourth-order valence-corrected chi connectivity index (χ4v) is 1.88. The van der Waals surface area contributed by atoms with E-state index in [1.165, 1.54) is 5.56 Å². The van der Waals surface area contributed by atoms with Gasteiger partial charge in [0.05, 0.1) is 6.61 Å².